The van der Waals surface area contributed by atoms with Crippen LogP contribution in [0.5, 0.6) is 0 Å². The highest BCUT2D eigenvalue weighted by atomic mass is 16.5. The smallest absolute Gasteiger partial charge is 0.337 e. The van der Waals surface area contributed by atoms with Crippen LogP contribution in [0.1, 0.15) is 10.4 Å². The van der Waals surface area contributed by atoms with E-state index in [9.17, 15) is 9.59 Å². The van der Waals surface area contributed by atoms with Gasteiger partial charge in [0.25, 0.3) is 0 Å². The van der Waals surface area contributed by atoms with Crippen molar-refractivity contribution in [2.24, 2.45) is 0 Å². The number of aromatic amines is 1. The topological polar surface area (TPSA) is 59.2 Å². The summed E-state index contributed by atoms with van der Waals surface area (Å²) in [7, 11) is 1.34. The number of carbonyl (C=O) groups excluding carboxylic acids is 1. The number of hydrogen-bond acceptors (Lipinski definition) is 3. The minimum absolute atomic E-state index is 0.0594. The lowest BCUT2D eigenvalue weighted by molar-refractivity contribution is 0.0601. The Labute approximate surface area is 97.9 Å². The summed E-state index contributed by atoms with van der Waals surface area (Å²) in [6.45, 7) is 0. The Bertz CT molecular complexity index is 584. The van der Waals surface area contributed by atoms with Gasteiger partial charge in [-0.1, -0.05) is 12.1 Å². The fourth-order valence-electron chi connectivity index (χ4n) is 1.52. The number of hydrogen-bond donors (Lipinski definition) is 1. The second kappa shape index (κ2) is 4.65. The SMILES string of the molecule is COC(=O)c1ccc(-c2cc(=O)cc[nH]2)cc1. The lowest BCUT2D eigenvalue weighted by Gasteiger charge is -2.02. The average Bonchev–Trinajstić information content (AvgIpc) is 2.38. The third-order valence-electron chi connectivity index (χ3n) is 2.39. The first-order valence-corrected chi connectivity index (χ1v) is 5.08. The van der Waals surface area contributed by atoms with Gasteiger partial charge in [-0.2, -0.15) is 0 Å². The molecule has 2 aromatic rings. The monoisotopic (exact) mass is 229 g/mol. The molecule has 86 valence electrons. The lowest BCUT2D eigenvalue weighted by atomic mass is 10.1. The summed E-state index contributed by atoms with van der Waals surface area (Å²) in [6.07, 6.45) is 1.59. The Hall–Kier alpha value is -2.36. The first kappa shape index (κ1) is 11.1. The number of aromatic nitrogens is 1. The summed E-state index contributed by atoms with van der Waals surface area (Å²) >= 11 is 0. The Morgan fingerprint density at radius 1 is 1.18 bits per heavy atom. The van der Waals surface area contributed by atoms with Crippen LogP contribution in [0, 0.1) is 0 Å². The number of H-pyrrole nitrogens is 1. The normalized spacial score (nSPS) is 9.94. The van der Waals surface area contributed by atoms with Crippen molar-refractivity contribution in [1.82, 2.24) is 4.98 Å². The van der Waals surface area contributed by atoms with Gasteiger partial charge in [-0.15, -0.1) is 0 Å². The first-order chi connectivity index (χ1) is 8.20. The van der Waals surface area contributed by atoms with Crippen LogP contribution in [0.3, 0.4) is 0 Å². The maximum absolute atomic E-state index is 11.2. The third kappa shape index (κ3) is 2.42. The van der Waals surface area contributed by atoms with Crippen LogP contribution in [-0.2, 0) is 4.74 Å². The van der Waals surface area contributed by atoms with Gasteiger partial charge in [0.05, 0.1) is 12.7 Å². The van der Waals surface area contributed by atoms with Crippen LogP contribution in [0.25, 0.3) is 11.3 Å². The van der Waals surface area contributed by atoms with Crippen molar-refractivity contribution in [1.29, 1.82) is 0 Å². The molecule has 1 N–H and O–H groups in total. The van der Waals surface area contributed by atoms with Gasteiger partial charge in [-0.25, -0.2) is 4.79 Å². The molecular formula is C13H11NO3. The molecular weight excluding hydrogens is 218 g/mol. The average molecular weight is 229 g/mol. The quantitative estimate of drug-likeness (QED) is 0.799. The van der Waals surface area contributed by atoms with Gasteiger partial charge in [0.2, 0.25) is 0 Å². The standard InChI is InChI=1S/C13H11NO3/c1-17-13(16)10-4-2-9(3-5-10)12-8-11(15)6-7-14-12/h2-8H,1H3,(H,14,15). The van der Waals surface area contributed by atoms with Crippen molar-refractivity contribution >= 4 is 5.97 Å². The highest BCUT2D eigenvalue weighted by Crippen LogP contribution is 2.15. The molecule has 0 bridgehead atoms. The second-order valence-corrected chi connectivity index (χ2v) is 3.51. The van der Waals surface area contributed by atoms with Crippen LogP contribution < -0.4 is 5.43 Å². The molecule has 0 radical (unpaired) electrons. The molecule has 1 heterocycles. The molecule has 4 heteroatoms. The molecule has 0 saturated carbocycles. The summed E-state index contributed by atoms with van der Waals surface area (Å²) in [5.74, 6) is -0.377. The van der Waals surface area contributed by atoms with Gasteiger partial charge in [-0.3, -0.25) is 4.79 Å². The van der Waals surface area contributed by atoms with Gasteiger partial charge in [0.1, 0.15) is 0 Å². The molecule has 17 heavy (non-hydrogen) atoms. The van der Waals surface area contributed by atoms with Crippen LogP contribution in [0.15, 0.2) is 47.4 Å². The highest BCUT2D eigenvalue weighted by Gasteiger charge is 2.05. The van der Waals surface area contributed by atoms with Crippen molar-refractivity contribution < 1.29 is 9.53 Å². The van der Waals surface area contributed by atoms with E-state index in [4.69, 9.17) is 0 Å². The summed E-state index contributed by atoms with van der Waals surface area (Å²) in [5.41, 5.74) is 1.98. The number of methoxy groups -OCH3 is 1. The fourth-order valence-corrected chi connectivity index (χ4v) is 1.52. The van der Waals surface area contributed by atoms with Crippen molar-refractivity contribution in [2.45, 2.75) is 0 Å². The Kier molecular flexibility index (Phi) is 3.05. The van der Waals surface area contributed by atoms with Crippen LogP contribution in [-0.4, -0.2) is 18.1 Å². The number of pyridine rings is 1. The molecule has 0 aliphatic carbocycles. The molecule has 0 fully saturated rings. The van der Waals surface area contributed by atoms with Gasteiger partial charge in [0, 0.05) is 24.0 Å². The van der Waals surface area contributed by atoms with E-state index in [1.807, 2.05) is 0 Å². The highest BCUT2D eigenvalue weighted by molar-refractivity contribution is 5.89. The van der Waals surface area contributed by atoms with E-state index in [0.29, 0.717) is 11.3 Å². The number of rotatable bonds is 2. The predicted molar refractivity (Wildman–Crippen MR) is 63.8 cm³/mol. The van der Waals surface area contributed by atoms with Crippen LogP contribution in [0.4, 0.5) is 0 Å². The third-order valence-corrected chi connectivity index (χ3v) is 2.39. The molecule has 1 aromatic heterocycles. The predicted octanol–water partition coefficient (Wildman–Crippen LogP) is 1.83. The Morgan fingerprint density at radius 2 is 1.88 bits per heavy atom. The minimum Gasteiger partial charge on any atom is -0.465 e. The van der Waals surface area contributed by atoms with Crippen molar-refractivity contribution in [2.75, 3.05) is 7.11 Å². The summed E-state index contributed by atoms with van der Waals surface area (Å²) in [5, 5.41) is 0. The van der Waals surface area contributed by atoms with Crippen molar-refractivity contribution in [3.05, 3.63) is 58.4 Å². The van der Waals surface area contributed by atoms with Crippen molar-refractivity contribution in [3.63, 3.8) is 0 Å². The zero-order valence-electron chi connectivity index (χ0n) is 9.27. The van der Waals surface area contributed by atoms with Gasteiger partial charge < -0.3 is 9.72 Å². The van der Waals surface area contributed by atoms with Crippen LogP contribution in [0.2, 0.25) is 0 Å². The molecule has 0 atom stereocenters. The number of esters is 1. The maximum atomic E-state index is 11.2. The van der Waals surface area contributed by atoms with E-state index in [1.165, 1.54) is 19.2 Å². The molecule has 1 aromatic carbocycles. The van der Waals surface area contributed by atoms with Gasteiger partial charge in [0.15, 0.2) is 5.43 Å². The summed E-state index contributed by atoms with van der Waals surface area (Å²) in [6, 6.07) is 9.80. The number of benzene rings is 1. The van der Waals surface area contributed by atoms with Crippen LogP contribution >= 0.6 is 0 Å². The maximum Gasteiger partial charge on any atom is 0.337 e. The molecule has 0 unspecified atom stereocenters. The minimum atomic E-state index is -0.377. The number of ether oxygens (including phenoxy) is 1. The first-order valence-electron chi connectivity index (χ1n) is 5.08. The van der Waals surface area contributed by atoms with E-state index in [0.717, 1.165) is 5.56 Å². The summed E-state index contributed by atoms with van der Waals surface area (Å²) in [4.78, 5) is 25.4. The Morgan fingerprint density at radius 3 is 2.47 bits per heavy atom. The molecule has 0 spiro atoms. The number of carbonyl (C=O) groups is 1. The van der Waals surface area contributed by atoms with E-state index >= 15 is 0 Å². The van der Waals surface area contributed by atoms with Gasteiger partial charge >= 0.3 is 5.97 Å². The second-order valence-electron chi connectivity index (χ2n) is 3.51. The molecule has 0 amide bonds. The van der Waals surface area contributed by atoms with E-state index in [-0.39, 0.29) is 11.4 Å². The van der Waals surface area contributed by atoms with E-state index in [2.05, 4.69) is 9.72 Å². The number of nitrogens with one attached hydrogen (secondary N) is 1. The van der Waals surface area contributed by atoms with E-state index in [1.54, 1.807) is 30.5 Å². The molecule has 4 nitrogen and oxygen atoms in total. The fraction of sp³-hybridized carbons (Fsp3) is 0.0769. The molecule has 0 aliphatic heterocycles. The largest absolute Gasteiger partial charge is 0.465 e. The zero-order chi connectivity index (χ0) is 12.3. The zero-order valence-corrected chi connectivity index (χ0v) is 9.27. The Balaban J connectivity index is 2.36. The molecule has 2 rings (SSSR count). The summed E-state index contributed by atoms with van der Waals surface area (Å²) < 4.78 is 4.60. The lowest BCUT2D eigenvalue weighted by Crippen LogP contribution is -2.01. The van der Waals surface area contributed by atoms with Gasteiger partial charge in [-0.05, 0) is 17.7 Å². The van der Waals surface area contributed by atoms with E-state index < -0.39 is 0 Å². The molecule has 0 aliphatic rings. The van der Waals surface area contributed by atoms with Crippen molar-refractivity contribution in [3.8, 4) is 11.3 Å². The molecule has 0 saturated heterocycles.